The van der Waals surface area contributed by atoms with E-state index < -0.39 is 10.0 Å². The monoisotopic (exact) mass is 441 g/mol. The van der Waals surface area contributed by atoms with Crippen LogP contribution >= 0.6 is 0 Å². The number of hydrogen-bond acceptors (Lipinski definition) is 4. The van der Waals surface area contributed by atoms with Crippen LogP contribution in [0.2, 0.25) is 0 Å². The Morgan fingerprint density at radius 1 is 1.03 bits per heavy atom. The van der Waals surface area contributed by atoms with Crippen molar-refractivity contribution in [3.63, 3.8) is 0 Å². The number of para-hydroxylation sites is 1. The van der Waals surface area contributed by atoms with Crippen LogP contribution in [0.15, 0.2) is 42.5 Å². The summed E-state index contributed by atoms with van der Waals surface area (Å²) < 4.78 is 25.6. The molecule has 0 unspecified atom stereocenters. The van der Waals surface area contributed by atoms with Gasteiger partial charge in [-0.25, -0.2) is 8.42 Å². The Labute approximate surface area is 182 Å². The summed E-state index contributed by atoms with van der Waals surface area (Å²) >= 11 is 0. The molecule has 2 aromatic carbocycles. The molecule has 1 heterocycles. The number of fused-ring (bicyclic) bond motifs is 1. The number of carbonyl (C=O) groups is 2. The molecule has 1 aliphatic heterocycles. The minimum atomic E-state index is -3.38. The van der Waals surface area contributed by atoms with Crippen LogP contribution in [0.1, 0.15) is 58.9 Å². The van der Waals surface area contributed by atoms with Crippen molar-refractivity contribution in [2.24, 2.45) is 0 Å². The molecule has 164 valence electrons. The van der Waals surface area contributed by atoms with Gasteiger partial charge in [-0.1, -0.05) is 25.0 Å². The van der Waals surface area contributed by atoms with Gasteiger partial charge in [0.25, 0.3) is 11.8 Å². The van der Waals surface area contributed by atoms with Crippen LogP contribution in [0.3, 0.4) is 0 Å². The Morgan fingerprint density at radius 2 is 1.74 bits per heavy atom. The van der Waals surface area contributed by atoms with Gasteiger partial charge >= 0.3 is 0 Å². The molecule has 7 nitrogen and oxygen atoms in total. The lowest BCUT2D eigenvalue weighted by atomic mass is 10.1. The SMILES string of the molecule is C[C@H]1Cc2cc(C(=O)Nc3ccccc3C(=O)NC3CCCC3)ccc2N1S(C)(=O)=O. The molecule has 2 aromatic rings. The largest absolute Gasteiger partial charge is 0.349 e. The van der Waals surface area contributed by atoms with Gasteiger partial charge in [-0.15, -0.1) is 0 Å². The van der Waals surface area contributed by atoms with Gasteiger partial charge in [0.1, 0.15) is 0 Å². The maximum absolute atomic E-state index is 12.9. The Morgan fingerprint density at radius 3 is 2.45 bits per heavy atom. The third kappa shape index (κ3) is 4.44. The van der Waals surface area contributed by atoms with E-state index in [0.717, 1.165) is 31.2 Å². The first-order chi connectivity index (χ1) is 14.7. The minimum Gasteiger partial charge on any atom is -0.349 e. The van der Waals surface area contributed by atoms with Crippen LogP contribution in [0, 0.1) is 0 Å². The van der Waals surface area contributed by atoms with Crippen molar-refractivity contribution in [2.45, 2.75) is 51.1 Å². The number of carbonyl (C=O) groups excluding carboxylic acids is 2. The second-order valence-corrected chi connectivity index (χ2v) is 10.3. The van der Waals surface area contributed by atoms with Gasteiger partial charge in [-0.3, -0.25) is 13.9 Å². The number of nitrogens with zero attached hydrogens (tertiary/aromatic N) is 1. The van der Waals surface area contributed by atoms with E-state index in [1.807, 2.05) is 6.92 Å². The number of hydrogen-bond donors (Lipinski definition) is 2. The summed E-state index contributed by atoms with van der Waals surface area (Å²) in [6.07, 6.45) is 5.95. The predicted molar refractivity (Wildman–Crippen MR) is 121 cm³/mol. The first kappa shape index (κ1) is 21.4. The van der Waals surface area contributed by atoms with Crippen molar-refractivity contribution in [1.82, 2.24) is 5.32 Å². The highest BCUT2D eigenvalue weighted by Gasteiger charge is 2.33. The summed E-state index contributed by atoms with van der Waals surface area (Å²) in [5, 5.41) is 5.90. The smallest absolute Gasteiger partial charge is 0.255 e. The number of anilines is 2. The molecule has 1 fully saturated rings. The minimum absolute atomic E-state index is 0.186. The highest BCUT2D eigenvalue weighted by molar-refractivity contribution is 7.92. The highest BCUT2D eigenvalue weighted by atomic mass is 32.2. The first-order valence-corrected chi connectivity index (χ1v) is 12.4. The summed E-state index contributed by atoms with van der Waals surface area (Å²) in [5.74, 6) is -0.524. The molecular formula is C23H27N3O4S. The Kier molecular flexibility index (Phi) is 5.75. The predicted octanol–water partition coefficient (Wildman–Crippen LogP) is 3.32. The van der Waals surface area contributed by atoms with Crippen LogP contribution in [-0.2, 0) is 16.4 Å². The number of sulfonamides is 1. The van der Waals surface area contributed by atoms with Crippen molar-refractivity contribution in [2.75, 3.05) is 15.9 Å². The van der Waals surface area contributed by atoms with Gasteiger partial charge in [0, 0.05) is 17.6 Å². The second-order valence-electron chi connectivity index (χ2n) is 8.41. The van der Waals surface area contributed by atoms with E-state index in [1.165, 1.54) is 10.6 Å². The number of benzene rings is 2. The molecule has 0 radical (unpaired) electrons. The fourth-order valence-electron chi connectivity index (χ4n) is 4.57. The van der Waals surface area contributed by atoms with Crippen molar-refractivity contribution >= 4 is 33.2 Å². The topological polar surface area (TPSA) is 95.6 Å². The fraction of sp³-hybridized carbons (Fsp3) is 0.391. The molecule has 2 N–H and O–H groups in total. The third-order valence-corrected chi connectivity index (χ3v) is 7.23. The van der Waals surface area contributed by atoms with Gasteiger partial charge in [0.05, 0.1) is 23.2 Å². The molecule has 0 aromatic heterocycles. The Balaban J connectivity index is 1.53. The van der Waals surface area contributed by atoms with E-state index >= 15 is 0 Å². The average Bonchev–Trinajstić information content (AvgIpc) is 3.33. The summed E-state index contributed by atoms with van der Waals surface area (Å²) in [4.78, 5) is 25.7. The number of rotatable bonds is 5. The molecule has 0 bridgehead atoms. The Bertz CT molecular complexity index is 1120. The maximum Gasteiger partial charge on any atom is 0.255 e. The summed E-state index contributed by atoms with van der Waals surface area (Å²) in [6, 6.07) is 12.0. The second kappa shape index (κ2) is 8.34. The third-order valence-electron chi connectivity index (χ3n) is 5.96. The lowest BCUT2D eigenvalue weighted by molar-refractivity contribution is 0.0938. The van der Waals surface area contributed by atoms with Crippen molar-refractivity contribution in [3.8, 4) is 0 Å². The van der Waals surface area contributed by atoms with Crippen LogP contribution < -0.4 is 14.9 Å². The molecule has 2 aliphatic rings. The van der Waals surface area contributed by atoms with Gasteiger partial charge in [-0.05, 0) is 62.1 Å². The first-order valence-electron chi connectivity index (χ1n) is 10.6. The quantitative estimate of drug-likeness (QED) is 0.744. The van der Waals surface area contributed by atoms with E-state index in [2.05, 4.69) is 10.6 Å². The normalized spacial score (nSPS) is 18.6. The highest BCUT2D eigenvalue weighted by Crippen LogP contribution is 2.35. The zero-order valence-corrected chi connectivity index (χ0v) is 18.5. The van der Waals surface area contributed by atoms with Crippen LogP contribution in [-0.4, -0.2) is 38.6 Å². The molecule has 2 amide bonds. The van der Waals surface area contributed by atoms with E-state index in [1.54, 1.807) is 42.5 Å². The van der Waals surface area contributed by atoms with E-state index in [4.69, 9.17) is 0 Å². The molecular weight excluding hydrogens is 414 g/mol. The van der Waals surface area contributed by atoms with Crippen LogP contribution in [0.5, 0.6) is 0 Å². The van der Waals surface area contributed by atoms with E-state index in [9.17, 15) is 18.0 Å². The van der Waals surface area contributed by atoms with Crippen LogP contribution in [0.4, 0.5) is 11.4 Å². The summed E-state index contributed by atoms with van der Waals surface area (Å²) in [7, 11) is -3.38. The number of nitrogens with one attached hydrogen (secondary N) is 2. The fourth-order valence-corrected chi connectivity index (χ4v) is 5.83. The standard InChI is InChI=1S/C23H27N3O4S/c1-15-13-17-14-16(11-12-21(17)26(15)31(2,29)30)22(27)25-20-10-6-5-9-19(20)23(28)24-18-7-3-4-8-18/h5-6,9-12,14-15,18H,3-4,7-8,13H2,1-2H3,(H,24,28)(H,25,27)/t15-/m0/s1. The van der Waals surface area contributed by atoms with Crippen molar-refractivity contribution < 1.29 is 18.0 Å². The van der Waals surface area contributed by atoms with Gasteiger partial charge in [-0.2, -0.15) is 0 Å². The lowest BCUT2D eigenvalue weighted by Crippen LogP contribution is -2.34. The summed E-state index contributed by atoms with van der Waals surface area (Å²) in [6.45, 7) is 1.85. The molecule has 8 heteroatoms. The molecule has 1 aliphatic carbocycles. The van der Waals surface area contributed by atoms with Crippen molar-refractivity contribution in [3.05, 3.63) is 59.2 Å². The summed E-state index contributed by atoms with van der Waals surface area (Å²) in [5.41, 5.74) is 2.74. The molecule has 1 saturated carbocycles. The Hall–Kier alpha value is -2.87. The average molecular weight is 442 g/mol. The molecule has 1 atom stereocenters. The lowest BCUT2D eigenvalue weighted by Gasteiger charge is -2.22. The maximum atomic E-state index is 12.9. The van der Waals surface area contributed by atoms with Gasteiger partial charge in [0.15, 0.2) is 0 Å². The zero-order chi connectivity index (χ0) is 22.2. The molecule has 31 heavy (non-hydrogen) atoms. The zero-order valence-electron chi connectivity index (χ0n) is 17.7. The number of amides is 2. The molecule has 0 saturated heterocycles. The van der Waals surface area contributed by atoms with Crippen LogP contribution in [0.25, 0.3) is 0 Å². The van der Waals surface area contributed by atoms with Crippen molar-refractivity contribution in [1.29, 1.82) is 0 Å². The van der Waals surface area contributed by atoms with E-state index in [0.29, 0.717) is 28.9 Å². The molecule has 4 rings (SSSR count). The molecule has 0 spiro atoms. The van der Waals surface area contributed by atoms with E-state index in [-0.39, 0.29) is 23.9 Å². The van der Waals surface area contributed by atoms with Gasteiger partial charge in [0.2, 0.25) is 10.0 Å². The van der Waals surface area contributed by atoms with Gasteiger partial charge < -0.3 is 10.6 Å².